The highest BCUT2D eigenvalue weighted by atomic mass is 16.2. The fraction of sp³-hybridized carbons (Fsp3) is 0.846. The predicted molar refractivity (Wildman–Crippen MR) is 71.3 cm³/mol. The van der Waals surface area contributed by atoms with Crippen molar-refractivity contribution in [3.05, 3.63) is 0 Å². The first kappa shape index (κ1) is 14.8. The largest absolute Gasteiger partial charge is 0.344 e. The second kappa shape index (κ2) is 6.61. The topological polar surface area (TPSA) is 52.7 Å². The Morgan fingerprint density at radius 1 is 1.39 bits per heavy atom. The maximum Gasteiger partial charge on any atom is 0.318 e. The van der Waals surface area contributed by atoms with Gasteiger partial charge in [-0.3, -0.25) is 4.79 Å². The molecule has 0 bridgehead atoms. The summed E-state index contributed by atoms with van der Waals surface area (Å²) in [7, 11) is 1.74. The molecule has 0 radical (unpaired) electrons. The molecule has 1 aliphatic rings. The summed E-state index contributed by atoms with van der Waals surface area (Å²) < 4.78 is 0. The van der Waals surface area contributed by atoms with Gasteiger partial charge < -0.3 is 15.1 Å². The van der Waals surface area contributed by atoms with E-state index in [9.17, 15) is 9.59 Å². The first-order valence-electron chi connectivity index (χ1n) is 6.76. The summed E-state index contributed by atoms with van der Waals surface area (Å²) in [6.45, 7) is 8.09. The monoisotopic (exact) mass is 255 g/mol. The normalized spacial score (nSPS) is 18.3. The molecule has 0 aromatic heterocycles. The van der Waals surface area contributed by atoms with E-state index in [0.717, 1.165) is 25.9 Å². The van der Waals surface area contributed by atoms with Gasteiger partial charge >= 0.3 is 6.03 Å². The fourth-order valence-electron chi connectivity index (χ4n) is 2.04. The highest BCUT2D eigenvalue weighted by molar-refractivity contribution is 5.86. The molecule has 5 nitrogen and oxygen atoms in total. The Kier molecular flexibility index (Phi) is 5.44. The van der Waals surface area contributed by atoms with Gasteiger partial charge in [0.25, 0.3) is 0 Å². The van der Waals surface area contributed by atoms with Crippen molar-refractivity contribution < 1.29 is 9.59 Å². The van der Waals surface area contributed by atoms with Gasteiger partial charge in [0.1, 0.15) is 6.04 Å². The number of carbonyl (C=O) groups excluding carboxylic acids is 2. The zero-order chi connectivity index (χ0) is 13.7. The number of carbonyl (C=O) groups is 2. The molecule has 104 valence electrons. The molecule has 1 fully saturated rings. The van der Waals surface area contributed by atoms with Crippen molar-refractivity contribution in [2.24, 2.45) is 5.92 Å². The zero-order valence-electron chi connectivity index (χ0n) is 11.9. The minimum Gasteiger partial charge on any atom is -0.344 e. The Balaban J connectivity index is 2.42. The van der Waals surface area contributed by atoms with Crippen LogP contribution in [0.2, 0.25) is 0 Å². The van der Waals surface area contributed by atoms with Crippen LogP contribution >= 0.6 is 0 Å². The number of likely N-dealkylation sites (tertiary alicyclic amines) is 1. The van der Waals surface area contributed by atoms with Crippen LogP contribution in [0.3, 0.4) is 0 Å². The quantitative estimate of drug-likeness (QED) is 0.826. The van der Waals surface area contributed by atoms with Gasteiger partial charge in [0.05, 0.1) is 0 Å². The van der Waals surface area contributed by atoms with E-state index in [2.05, 4.69) is 12.2 Å². The number of amides is 3. The van der Waals surface area contributed by atoms with Gasteiger partial charge in [0.15, 0.2) is 0 Å². The van der Waals surface area contributed by atoms with Gasteiger partial charge in [-0.15, -0.1) is 0 Å². The van der Waals surface area contributed by atoms with Gasteiger partial charge in [-0.1, -0.05) is 6.92 Å². The Morgan fingerprint density at radius 2 is 1.94 bits per heavy atom. The first-order valence-corrected chi connectivity index (χ1v) is 6.76. The number of hydrogen-bond acceptors (Lipinski definition) is 2. The van der Waals surface area contributed by atoms with Crippen LogP contribution in [0.5, 0.6) is 0 Å². The lowest BCUT2D eigenvalue weighted by atomic mass is 10.00. The molecule has 0 aromatic carbocycles. The number of nitrogens with zero attached hydrogens (tertiary/aromatic N) is 2. The lowest BCUT2D eigenvalue weighted by molar-refractivity contribution is -0.131. The molecule has 0 spiro atoms. The SMILES string of the molecule is CCN(C)C(=O)C(C)NC(=O)N1CCC(C)CC1. The van der Waals surface area contributed by atoms with Crippen LogP contribution in [0.1, 0.15) is 33.6 Å². The molecular formula is C13H25N3O2. The average Bonchev–Trinajstić information content (AvgIpc) is 2.37. The van der Waals surface area contributed by atoms with E-state index in [1.807, 2.05) is 6.92 Å². The molecule has 0 aromatic rings. The second-order valence-electron chi connectivity index (χ2n) is 5.19. The predicted octanol–water partition coefficient (Wildman–Crippen LogP) is 1.29. The third-order valence-corrected chi connectivity index (χ3v) is 3.63. The van der Waals surface area contributed by atoms with E-state index in [1.54, 1.807) is 23.8 Å². The van der Waals surface area contributed by atoms with Crippen molar-refractivity contribution in [3.63, 3.8) is 0 Å². The van der Waals surface area contributed by atoms with E-state index in [0.29, 0.717) is 12.5 Å². The van der Waals surface area contributed by atoms with Gasteiger partial charge in [-0.25, -0.2) is 4.79 Å². The summed E-state index contributed by atoms with van der Waals surface area (Å²) in [5.74, 6) is 0.649. The van der Waals surface area contributed by atoms with Gasteiger partial charge in [-0.2, -0.15) is 0 Å². The summed E-state index contributed by atoms with van der Waals surface area (Å²) in [6, 6.07) is -0.575. The van der Waals surface area contributed by atoms with Crippen LogP contribution in [0.25, 0.3) is 0 Å². The molecule has 1 rings (SSSR count). The first-order chi connectivity index (χ1) is 8.45. The summed E-state index contributed by atoms with van der Waals surface area (Å²) in [5.41, 5.74) is 0. The van der Waals surface area contributed by atoms with Crippen LogP contribution < -0.4 is 5.32 Å². The molecule has 1 heterocycles. The maximum atomic E-state index is 12.0. The number of piperidine rings is 1. The lowest BCUT2D eigenvalue weighted by Gasteiger charge is -2.31. The summed E-state index contributed by atoms with van der Waals surface area (Å²) in [5, 5.41) is 2.78. The molecule has 1 N–H and O–H groups in total. The van der Waals surface area contributed by atoms with Crippen LogP contribution in [0.15, 0.2) is 0 Å². The maximum absolute atomic E-state index is 12.0. The highest BCUT2D eigenvalue weighted by Gasteiger charge is 2.24. The Labute approximate surface area is 110 Å². The third-order valence-electron chi connectivity index (χ3n) is 3.63. The number of likely N-dealkylation sites (N-methyl/N-ethyl adjacent to an activating group) is 1. The fourth-order valence-corrected chi connectivity index (χ4v) is 2.04. The molecule has 3 amide bonds. The second-order valence-corrected chi connectivity index (χ2v) is 5.19. The van der Waals surface area contributed by atoms with Crippen molar-refractivity contribution in [2.45, 2.75) is 39.7 Å². The molecule has 5 heteroatoms. The average molecular weight is 255 g/mol. The smallest absolute Gasteiger partial charge is 0.318 e. The van der Waals surface area contributed by atoms with Crippen molar-refractivity contribution in [2.75, 3.05) is 26.7 Å². The van der Waals surface area contributed by atoms with E-state index < -0.39 is 6.04 Å². The molecule has 1 atom stereocenters. The molecule has 1 unspecified atom stereocenters. The summed E-state index contributed by atoms with van der Waals surface area (Å²) >= 11 is 0. The van der Waals surface area contributed by atoms with Gasteiger partial charge in [-0.05, 0) is 32.6 Å². The Bertz CT molecular complexity index is 299. The Morgan fingerprint density at radius 3 is 2.44 bits per heavy atom. The zero-order valence-corrected chi connectivity index (χ0v) is 11.9. The van der Waals surface area contributed by atoms with E-state index in [4.69, 9.17) is 0 Å². The number of urea groups is 1. The molecule has 0 saturated carbocycles. The van der Waals surface area contributed by atoms with Gasteiger partial charge in [0, 0.05) is 26.7 Å². The van der Waals surface area contributed by atoms with Crippen LogP contribution in [0, 0.1) is 5.92 Å². The number of rotatable bonds is 3. The van der Waals surface area contributed by atoms with Crippen molar-refractivity contribution in [1.29, 1.82) is 0 Å². The van der Waals surface area contributed by atoms with Crippen molar-refractivity contribution in [3.8, 4) is 0 Å². The van der Waals surface area contributed by atoms with E-state index in [1.165, 1.54) is 0 Å². The van der Waals surface area contributed by atoms with Crippen molar-refractivity contribution >= 4 is 11.9 Å². The Hall–Kier alpha value is -1.26. The molecule has 1 aliphatic heterocycles. The molecular weight excluding hydrogens is 230 g/mol. The van der Waals surface area contributed by atoms with Crippen molar-refractivity contribution in [1.82, 2.24) is 15.1 Å². The van der Waals surface area contributed by atoms with E-state index >= 15 is 0 Å². The molecule has 0 aliphatic carbocycles. The summed E-state index contributed by atoms with van der Waals surface area (Å²) in [4.78, 5) is 27.2. The van der Waals surface area contributed by atoms with Gasteiger partial charge in [0.2, 0.25) is 5.91 Å². The summed E-state index contributed by atoms with van der Waals surface area (Å²) in [6.07, 6.45) is 2.09. The molecule has 1 saturated heterocycles. The van der Waals surface area contributed by atoms with E-state index in [-0.39, 0.29) is 11.9 Å². The molecule has 18 heavy (non-hydrogen) atoms. The van der Waals surface area contributed by atoms with Crippen LogP contribution in [-0.2, 0) is 4.79 Å². The third kappa shape index (κ3) is 3.89. The minimum absolute atomic E-state index is 0.0452. The van der Waals surface area contributed by atoms with Crippen LogP contribution in [-0.4, -0.2) is 54.5 Å². The number of nitrogens with one attached hydrogen (secondary N) is 1. The number of hydrogen-bond donors (Lipinski definition) is 1. The standard InChI is InChI=1S/C13H25N3O2/c1-5-15(4)12(17)11(3)14-13(18)16-8-6-10(2)7-9-16/h10-11H,5-9H2,1-4H3,(H,14,18). The lowest BCUT2D eigenvalue weighted by Crippen LogP contribution is -2.51. The highest BCUT2D eigenvalue weighted by Crippen LogP contribution is 2.15. The minimum atomic E-state index is -0.457. The van der Waals surface area contributed by atoms with Crippen LogP contribution in [0.4, 0.5) is 4.79 Å².